The lowest BCUT2D eigenvalue weighted by atomic mass is 9.81. The summed E-state index contributed by atoms with van der Waals surface area (Å²) in [6.45, 7) is 1.49. The number of rotatable bonds is 5. The summed E-state index contributed by atoms with van der Waals surface area (Å²) in [4.78, 5) is 53.5. The van der Waals surface area contributed by atoms with Crippen molar-refractivity contribution in [2.45, 2.75) is 38.6 Å². The number of hydrogen-bond acceptors (Lipinski definition) is 4. The van der Waals surface area contributed by atoms with E-state index in [2.05, 4.69) is 0 Å². The second-order valence-corrected chi connectivity index (χ2v) is 9.56. The van der Waals surface area contributed by atoms with Gasteiger partial charge in [-0.05, 0) is 62.2 Å². The molecular formula is C24H21Cl3N2O4. The highest BCUT2D eigenvalue weighted by Crippen LogP contribution is 2.39. The normalized spacial score (nSPS) is 21.0. The van der Waals surface area contributed by atoms with E-state index >= 15 is 0 Å². The quantitative estimate of drug-likeness (QED) is 0.398. The number of carbonyl (C=O) groups excluding carboxylic acids is 4. The highest BCUT2D eigenvalue weighted by atomic mass is 35.5. The Morgan fingerprint density at radius 2 is 1.42 bits per heavy atom. The van der Waals surface area contributed by atoms with E-state index in [1.807, 2.05) is 0 Å². The second kappa shape index (κ2) is 9.45. The summed E-state index contributed by atoms with van der Waals surface area (Å²) in [6.07, 6.45) is 2.85. The van der Waals surface area contributed by atoms with Gasteiger partial charge >= 0.3 is 0 Å². The van der Waals surface area contributed by atoms with Crippen LogP contribution in [0.2, 0.25) is 15.1 Å². The van der Waals surface area contributed by atoms with Gasteiger partial charge in [0.25, 0.3) is 17.7 Å². The number of nitrogens with zero attached hydrogens (tertiary/aromatic N) is 2. The van der Waals surface area contributed by atoms with Gasteiger partial charge < -0.3 is 0 Å². The Morgan fingerprint density at radius 1 is 0.879 bits per heavy atom. The van der Waals surface area contributed by atoms with Gasteiger partial charge in [0.15, 0.2) is 5.78 Å². The third-order valence-electron chi connectivity index (χ3n) is 6.28. The maximum atomic E-state index is 13.6. The molecule has 33 heavy (non-hydrogen) atoms. The topological polar surface area (TPSA) is 74.8 Å². The molecule has 9 heteroatoms. The van der Waals surface area contributed by atoms with Crippen molar-refractivity contribution in [1.29, 1.82) is 0 Å². The molecule has 2 aromatic carbocycles. The van der Waals surface area contributed by atoms with Gasteiger partial charge in [0.2, 0.25) is 0 Å². The Hall–Kier alpha value is -2.41. The van der Waals surface area contributed by atoms with Crippen molar-refractivity contribution in [2.24, 2.45) is 11.8 Å². The summed E-state index contributed by atoms with van der Waals surface area (Å²) < 4.78 is 0. The van der Waals surface area contributed by atoms with E-state index in [0.717, 1.165) is 22.9 Å². The third kappa shape index (κ3) is 4.39. The molecule has 1 saturated heterocycles. The number of carbonyl (C=O) groups is 4. The van der Waals surface area contributed by atoms with Gasteiger partial charge in [-0.25, -0.2) is 5.01 Å². The van der Waals surface area contributed by atoms with Gasteiger partial charge in [0.05, 0.1) is 21.9 Å². The molecule has 0 radical (unpaired) electrons. The predicted molar refractivity (Wildman–Crippen MR) is 125 cm³/mol. The van der Waals surface area contributed by atoms with Crippen molar-refractivity contribution in [3.63, 3.8) is 0 Å². The summed E-state index contributed by atoms with van der Waals surface area (Å²) in [6, 6.07) is 9.32. The SMILES string of the molecule is C[C@@H](C(=O)c1ccc(Cl)cc1)N(C(=O)c1ccc(Cl)c(Cl)c1)N1C(=O)[C@H]2CCCC[C@H]2C1=O. The largest absolute Gasteiger partial charge is 0.292 e. The van der Waals surface area contributed by atoms with E-state index < -0.39 is 41.4 Å². The lowest BCUT2D eigenvalue weighted by Crippen LogP contribution is -2.56. The number of imide groups is 1. The maximum absolute atomic E-state index is 13.6. The Kier molecular flexibility index (Phi) is 6.80. The molecule has 0 aromatic heterocycles. The highest BCUT2D eigenvalue weighted by molar-refractivity contribution is 6.42. The van der Waals surface area contributed by atoms with Crippen LogP contribution in [-0.2, 0) is 9.59 Å². The predicted octanol–water partition coefficient (Wildman–Crippen LogP) is 5.45. The first kappa shape index (κ1) is 23.7. The van der Waals surface area contributed by atoms with Gasteiger partial charge in [-0.3, -0.25) is 19.2 Å². The first-order valence-electron chi connectivity index (χ1n) is 10.7. The van der Waals surface area contributed by atoms with E-state index in [0.29, 0.717) is 23.4 Å². The van der Waals surface area contributed by atoms with Gasteiger partial charge in [-0.1, -0.05) is 47.6 Å². The fourth-order valence-electron chi connectivity index (χ4n) is 4.52. The average Bonchev–Trinajstić information content (AvgIpc) is 3.06. The Bertz CT molecular complexity index is 1110. The monoisotopic (exact) mass is 506 g/mol. The Morgan fingerprint density at radius 3 is 1.97 bits per heavy atom. The minimum absolute atomic E-state index is 0.107. The Labute approximate surface area is 206 Å². The fourth-order valence-corrected chi connectivity index (χ4v) is 4.95. The van der Waals surface area contributed by atoms with E-state index in [9.17, 15) is 19.2 Å². The van der Waals surface area contributed by atoms with Crippen molar-refractivity contribution in [1.82, 2.24) is 10.0 Å². The third-order valence-corrected chi connectivity index (χ3v) is 7.27. The van der Waals surface area contributed by atoms with Gasteiger partial charge in [-0.2, -0.15) is 5.01 Å². The number of hydrogen-bond donors (Lipinski definition) is 0. The minimum Gasteiger partial charge on any atom is -0.292 e. The van der Waals surface area contributed by atoms with Crippen LogP contribution in [-0.4, -0.2) is 39.6 Å². The van der Waals surface area contributed by atoms with Crippen LogP contribution in [0.5, 0.6) is 0 Å². The van der Waals surface area contributed by atoms with Crippen LogP contribution in [0.1, 0.15) is 53.3 Å². The molecular weight excluding hydrogens is 487 g/mol. The van der Waals surface area contributed by atoms with Crippen LogP contribution in [0.15, 0.2) is 42.5 Å². The molecule has 4 rings (SSSR count). The van der Waals surface area contributed by atoms with Gasteiger partial charge in [-0.15, -0.1) is 0 Å². The number of benzene rings is 2. The van der Waals surface area contributed by atoms with E-state index in [-0.39, 0.29) is 15.6 Å². The molecule has 1 aliphatic heterocycles. The van der Waals surface area contributed by atoms with Crippen molar-refractivity contribution in [3.8, 4) is 0 Å². The number of amides is 3. The minimum atomic E-state index is -1.14. The van der Waals surface area contributed by atoms with Crippen molar-refractivity contribution >= 4 is 58.3 Å². The maximum Gasteiger partial charge on any atom is 0.273 e. The van der Waals surface area contributed by atoms with Crippen molar-refractivity contribution in [3.05, 3.63) is 68.7 Å². The van der Waals surface area contributed by atoms with E-state index in [1.165, 1.54) is 37.3 Å². The molecule has 2 aliphatic rings. The van der Waals surface area contributed by atoms with Gasteiger partial charge in [0, 0.05) is 16.1 Å². The fraction of sp³-hybridized carbons (Fsp3) is 0.333. The van der Waals surface area contributed by atoms with Crippen LogP contribution in [0, 0.1) is 11.8 Å². The summed E-state index contributed by atoms with van der Waals surface area (Å²) in [5, 5.41) is 2.71. The average molecular weight is 508 g/mol. The number of fused-ring (bicyclic) bond motifs is 1. The van der Waals surface area contributed by atoms with E-state index in [4.69, 9.17) is 34.8 Å². The molecule has 3 atom stereocenters. The zero-order valence-electron chi connectivity index (χ0n) is 17.8. The summed E-state index contributed by atoms with van der Waals surface area (Å²) in [5.41, 5.74) is 0.408. The van der Waals surface area contributed by atoms with E-state index in [1.54, 1.807) is 12.1 Å². The molecule has 0 unspecified atom stereocenters. The van der Waals surface area contributed by atoms with Crippen LogP contribution in [0.3, 0.4) is 0 Å². The first-order chi connectivity index (χ1) is 15.7. The molecule has 1 aliphatic carbocycles. The van der Waals surface area contributed by atoms with Gasteiger partial charge in [0.1, 0.15) is 6.04 Å². The Balaban J connectivity index is 1.76. The molecule has 6 nitrogen and oxygen atoms in total. The molecule has 0 N–H and O–H groups in total. The van der Waals surface area contributed by atoms with Crippen LogP contribution < -0.4 is 0 Å². The highest BCUT2D eigenvalue weighted by Gasteiger charge is 2.53. The summed E-state index contributed by atoms with van der Waals surface area (Å²) >= 11 is 18.0. The zero-order chi connectivity index (χ0) is 23.9. The molecule has 2 aromatic rings. The zero-order valence-corrected chi connectivity index (χ0v) is 20.0. The summed E-state index contributed by atoms with van der Waals surface area (Å²) in [5.74, 6) is -2.98. The van der Waals surface area contributed by atoms with Crippen LogP contribution >= 0.6 is 34.8 Å². The van der Waals surface area contributed by atoms with Crippen LogP contribution in [0.4, 0.5) is 0 Å². The number of hydrazine groups is 1. The molecule has 1 saturated carbocycles. The lowest BCUT2D eigenvalue weighted by molar-refractivity contribution is -0.156. The standard InChI is InChI=1S/C24H21Cl3N2O4/c1-13(21(30)14-6-9-16(25)10-7-14)28(22(31)15-8-11-19(26)20(27)12-15)29-23(32)17-4-2-3-5-18(17)24(29)33/h6-13,17-18H,2-5H2,1H3/t13-,17-,18+/m0/s1. The molecule has 0 spiro atoms. The van der Waals surface area contributed by atoms with Crippen molar-refractivity contribution in [2.75, 3.05) is 0 Å². The first-order valence-corrected chi connectivity index (χ1v) is 11.8. The van der Waals surface area contributed by atoms with Crippen molar-refractivity contribution < 1.29 is 19.2 Å². The molecule has 172 valence electrons. The van der Waals surface area contributed by atoms with Crippen LogP contribution in [0.25, 0.3) is 0 Å². The lowest BCUT2D eigenvalue weighted by Gasteiger charge is -2.34. The molecule has 2 fully saturated rings. The summed E-state index contributed by atoms with van der Waals surface area (Å²) in [7, 11) is 0. The second-order valence-electron chi connectivity index (χ2n) is 8.31. The smallest absolute Gasteiger partial charge is 0.273 e. The number of ketones is 1. The molecule has 3 amide bonds. The number of Topliss-reactive ketones (excluding diaryl/α,β-unsaturated/α-hetero) is 1. The molecule has 0 bridgehead atoms. The number of halogens is 3. The molecule has 1 heterocycles.